The average molecular weight is 129 g/mol. The summed E-state index contributed by atoms with van der Waals surface area (Å²) in [6.45, 7) is 3.68. The van der Waals surface area contributed by atoms with Crippen LogP contribution in [0.15, 0.2) is 0 Å². The summed E-state index contributed by atoms with van der Waals surface area (Å²) >= 11 is 0. The molecule has 0 aromatic carbocycles. The van der Waals surface area contributed by atoms with Crippen LogP contribution >= 0.6 is 0 Å². The quantitative estimate of drug-likeness (QED) is 0.554. The van der Waals surface area contributed by atoms with Gasteiger partial charge in [0.2, 0.25) is 0 Å². The molecule has 1 rings (SSSR count). The normalized spacial score (nSPS) is 22.8. The van der Waals surface area contributed by atoms with Crippen molar-refractivity contribution < 1.29 is 9.90 Å². The maximum Gasteiger partial charge on any atom is 0.303 e. The van der Waals surface area contributed by atoms with E-state index in [1.807, 2.05) is 6.92 Å². The van der Waals surface area contributed by atoms with Crippen LogP contribution in [0.4, 0.5) is 0 Å². The highest BCUT2D eigenvalue weighted by Crippen LogP contribution is 2.25. The Morgan fingerprint density at radius 2 is 2.33 bits per heavy atom. The third kappa shape index (κ3) is 1.42. The van der Waals surface area contributed by atoms with Crippen LogP contribution in [0.3, 0.4) is 0 Å². The van der Waals surface area contributed by atoms with Gasteiger partial charge in [-0.1, -0.05) is 6.92 Å². The fraction of sp³-hybridized carbons (Fsp3) is 0.833. The number of aliphatic carboxylic acids is 1. The topological polar surface area (TPSA) is 49.3 Å². The van der Waals surface area contributed by atoms with Gasteiger partial charge in [0.25, 0.3) is 0 Å². The first kappa shape index (κ1) is 6.55. The van der Waals surface area contributed by atoms with Crippen LogP contribution in [0, 0.1) is 5.41 Å². The fourth-order valence-corrected chi connectivity index (χ4v) is 1.04. The molecule has 0 aromatic heterocycles. The van der Waals surface area contributed by atoms with Crippen LogP contribution < -0.4 is 5.32 Å². The van der Waals surface area contributed by atoms with Crippen molar-refractivity contribution in [2.45, 2.75) is 13.3 Å². The molecule has 0 saturated carbocycles. The van der Waals surface area contributed by atoms with E-state index in [4.69, 9.17) is 5.11 Å². The Kier molecular flexibility index (Phi) is 1.45. The van der Waals surface area contributed by atoms with Crippen LogP contribution in [-0.4, -0.2) is 24.2 Å². The zero-order chi connectivity index (χ0) is 6.91. The maximum atomic E-state index is 10.2. The summed E-state index contributed by atoms with van der Waals surface area (Å²) in [6.07, 6.45) is 0.292. The molecule has 1 aliphatic rings. The lowest BCUT2D eigenvalue weighted by molar-refractivity contribution is -0.140. The number of carbonyl (C=O) groups is 1. The third-order valence-corrected chi connectivity index (χ3v) is 1.68. The van der Waals surface area contributed by atoms with Gasteiger partial charge in [-0.15, -0.1) is 0 Å². The second-order valence-electron chi connectivity index (χ2n) is 2.98. The minimum Gasteiger partial charge on any atom is -0.481 e. The van der Waals surface area contributed by atoms with Crippen molar-refractivity contribution in [1.29, 1.82) is 0 Å². The van der Waals surface area contributed by atoms with E-state index in [0.717, 1.165) is 13.1 Å². The second kappa shape index (κ2) is 1.99. The van der Waals surface area contributed by atoms with Crippen LogP contribution in [0.25, 0.3) is 0 Å². The summed E-state index contributed by atoms with van der Waals surface area (Å²) in [5.74, 6) is -0.695. The molecule has 0 atom stereocenters. The van der Waals surface area contributed by atoms with Crippen LogP contribution in [0.2, 0.25) is 0 Å². The van der Waals surface area contributed by atoms with E-state index in [9.17, 15) is 4.79 Å². The van der Waals surface area contributed by atoms with Crippen molar-refractivity contribution in [3.8, 4) is 0 Å². The lowest BCUT2D eigenvalue weighted by Crippen LogP contribution is -2.52. The molecule has 0 aliphatic carbocycles. The van der Waals surface area contributed by atoms with Crippen LogP contribution in [-0.2, 0) is 4.79 Å². The highest BCUT2D eigenvalue weighted by Gasteiger charge is 2.33. The number of carboxylic acids is 1. The average Bonchev–Trinajstić information content (AvgIpc) is 1.60. The van der Waals surface area contributed by atoms with Gasteiger partial charge in [0.05, 0.1) is 6.42 Å². The van der Waals surface area contributed by atoms with E-state index in [-0.39, 0.29) is 5.41 Å². The molecule has 3 nitrogen and oxygen atoms in total. The first-order valence-corrected chi connectivity index (χ1v) is 3.05. The second-order valence-corrected chi connectivity index (χ2v) is 2.98. The number of nitrogens with one attached hydrogen (secondary N) is 1. The molecule has 0 unspecified atom stereocenters. The van der Waals surface area contributed by atoms with Gasteiger partial charge in [0, 0.05) is 18.5 Å². The molecule has 1 fully saturated rings. The van der Waals surface area contributed by atoms with E-state index in [1.165, 1.54) is 0 Å². The summed E-state index contributed by atoms with van der Waals surface area (Å²) in [5, 5.41) is 11.4. The van der Waals surface area contributed by atoms with Gasteiger partial charge < -0.3 is 10.4 Å². The number of hydrogen-bond acceptors (Lipinski definition) is 2. The largest absolute Gasteiger partial charge is 0.481 e. The Balaban J connectivity index is 2.33. The molecule has 0 bridgehead atoms. The minimum absolute atomic E-state index is 0.0336. The lowest BCUT2D eigenvalue weighted by atomic mass is 9.81. The predicted molar refractivity (Wildman–Crippen MR) is 33.2 cm³/mol. The van der Waals surface area contributed by atoms with E-state index >= 15 is 0 Å². The number of rotatable bonds is 2. The molecular formula is C6H11NO2. The summed E-state index contributed by atoms with van der Waals surface area (Å²) in [4.78, 5) is 10.2. The summed E-state index contributed by atoms with van der Waals surface area (Å²) in [5.41, 5.74) is 0.0336. The van der Waals surface area contributed by atoms with E-state index in [0.29, 0.717) is 6.42 Å². The van der Waals surface area contributed by atoms with Crippen LogP contribution in [0.1, 0.15) is 13.3 Å². The van der Waals surface area contributed by atoms with Gasteiger partial charge in [-0.05, 0) is 0 Å². The van der Waals surface area contributed by atoms with Gasteiger partial charge in [-0.3, -0.25) is 4.79 Å². The standard InChI is InChI=1S/C6H11NO2/c1-6(2-5(8)9)3-7-4-6/h7H,2-4H2,1H3,(H,8,9). The molecule has 3 heteroatoms. The Bertz CT molecular complexity index is 129. The first-order valence-electron chi connectivity index (χ1n) is 3.05. The SMILES string of the molecule is CC1(CC(=O)O)CNC1. The molecule has 0 spiro atoms. The highest BCUT2D eigenvalue weighted by molar-refractivity contribution is 5.67. The molecule has 1 heterocycles. The Hall–Kier alpha value is -0.570. The number of hydrogen-bond donors (Lipinski definition) is 2. The molecule has 1 saturated heterocycles. The zero-order valence-corrected chi connectivity index (χ0v) is 5.48. The Labute approximate surface area is 54.1 Å². The van der Waals surface area contributed by atoms with Crippen molar-refractivity contribution in [3.63, 3.8) is 0 Å². The van der Waals surface area contributed by atoms with Crippen molar-refractivity contribution in [2.24, 2.45) is 5.41 Å². The first-order chi connectivity index (χ1) is 4.12. The molecule has 1 aliphatic heterocycles. The highest BCUT2D eigenvalue weighted by atomic mass is 16.4. The van der Waals surface area contributed by atoms with Gasteiger partial charge in [0.1, 0.15) is 0 Å². The zero-order valence-electron chi connectivity index (χ0n) is 5.48. The molecule has 9 heavy (non-hydrogen) atoms. The van der Waals surface area contributed by atoms with Crippen molar-refractivity contribution in [2.75, 3.05) is 13.1 Å². The molecule has 2 N–H and O–H groups in total. The van der Waals surface area contributed by atoms with Crippen molar-refractivity contribution in [1.82, 2.24) is 5.32 Å². The monoisotopic (exact) mass is 129 g/mol. The van der Waals surface area contributed by atoms with Crippen LogP contribution in [0.5, 0.6) is 0 Å². The molecular weight excluding hydrogens is 118 g/mol. The smallest absolute Gasteiger partial charge is 0.303 e. The maximum absolute atomic E-state index is 10.2. The summed E-state index contributed by atoms with van der Waals surface area (Å²) < 4.78 is 0. The molecule has 0 radical (unpaired) electrons. The van der Waals surface area contributed by atoms with E-state index in [1.54, 1.807) is 0 Å². The fourth-order valence-electron chi connectivity index (χ4n) is 1.04. The third-order valence-electron chi connectivity index (χ3n) is 1.68. The molecule has 52 valence electrons. The van der Waals surface area contributed by atoms with Gasteiger partial charge in [0.15, 0.2) is 0 Å². The molecule has 0 aromatic rings. The van der Waals surface area contributed by atoms with E-state index in [2.05, 4.69) is 5.32 Å². The van der Waals surface area contributed by atoms with Gasteiger partial charge in [-0.2, -0.15) is 0 Å². The Morgan fingerprint density at radius 3 is 2.44 bits per heavy atom. The van der Waals surface area contributed by atoms with E-state index < -0.39 is 5.97 Å². The predicted octanol–water partition coefficient (Wildman–Crippen LogP) is 0.0706. The summed E-state index contributed by atoms with van der Waals surface area (Å²) in [7, 11) is 0. The van der Waals surface area contributed by atoms with Crippen molar-refractivity contribution >= 4 is 5.97 Å². The van der Waals surface area contributed by atoms with Gasteiger partial charge in [-0.25, -0.2) is 0 Å². The lowest BCUT2D eigenvalue weighted by Gasteiger charge is -2.37. The number of carboxylic acid groups (broad SMARTS) is 1. The minimum atomic E-state index is -0.695. The molecule has 0 amide bonds. The van der Waals surface area contributed by atoms with Crippen molar-refractivity contribution in [3.05, 3.63) is 0 Å². The van der Waals surface area contributed by atoms with Gasteiger partial charge >= 0.3 is 5.97 Å². The Morgan fingerprint density at radius 1 is 1.78 bits per heavy atom. The summed E-state index contributed by atoms with van der Waals surface area (Å²) in [6, 6.07) is 0.